The Morgan fingerprint density at radius 1 is 1.11 bits per heavy atom. The van der Waals surface area contributed by atoms with Gasteiger partial charge in [-0.3, -0.25) is 9.10 Å². The number of benzene rings is 2. The molecule has 0 unspecified atom stereocenters. The van der Waals surface area contributed by atoms with E-state index in [1.807, 2.05) is 31.2 Å². The number of nitrogens with one attached hydrogen (secondary N) is 1. The number of carbonyl (C=O) groups is 1. The second-order valence-corrected chi connectivity index (χ2v) is 10.2. The number of nitrogens with zero attached hydrogens (tertiary/aromatic N) is 1. The van der Waals surface area contributed by atoms with Crippen molar-refractivity contribution in [1.29, 1.82) is 0 Å². The minimum atomic E-state index is -3.67. The van der Waals surface area contributed by atoms with Crippen LogP contribution in [-0.2, 0) is 20.2 Å². The van der Waals surface area contributed by atoms with Crippen molar-refractivity contribution in [2.75, 3.05) is 17.1 Å². The molecule has 2 rings (SSSR count). The first-order valence-corrected chi connectivity index (χ1v) is 11.2. The summed E-state index contributed by atoms with van der Waals surface area (Å²) in [7, 11) is -3.67. The van der Waals surface area contributed by atoms with Crippen LogP contribution in [0.4, 0.5) is 5.69 Å². The molecule has 5 nitrogen and oxygen atoms in total. The van der Waals surface area contributed by atoms with Gasteiger partial charge in [0.15, 0.2) is 0 Å². The van der Waals surface area contributed by atoms with Gasteiger partial charge in [0.1, 0.15) is 6.54 Å². The molecule has 1 N–H and O–H groups in total. The number of anilines is 1. The van der Waals surface area contributed by atoms with Gasteiger partial charge in [-0.25, -0.2) is 8.42 Å². The monoisotopic (exact) mass is 422 g/mol. The van der Waals surface area contributed by atoms with E-state index in [1.165, 1.54) is 5.56 Å². The van der Waals surface area contributed by atoms with Crippen LogP contribution in [0.25, 0.3) is 0 Å². The van der Waals surface area contributed by atoms with Crippen molar-refractivity contribution in [1.82, 2.24) is 5.32 Å². The van der Waals surface area contributed by atoms with Crippen LogP contribution in [0.5, 0.6) is 0 Å². The van der Waals surface area contributed by atoms with Gasteiger partial charge < -0.3 is 5.32 Å². The van der Waals surface area contributed by atoms with Crippen molar-refractivity contribution in [2.45, 2.75) is 39.2 Å². The van der Waals surface area contributed by atoms with Gasteiger partial charge in [0.2, 0.25) is 15.9 Å². The van der Waals surface area contributed by atoms with Gasteiger partial charge in [-0.2, -0.15) is 0 Å². The van der Waals surface area contributed by atoms with Crippen molar-refractivity contribution in [3.63, 3.8) is 0 Å². The molecule has 152 valence electrons. The Morgan fingerprint density at radius 2 is 1.68 bits per heavy atom. The summed E-state index contributed by atoms with van der Waals surface area (Å²) < 4.78 is 25.4. The first-order valence-electron chi connectivity index (χ1n) is 9.01. The largest absolute Gasteiger partial charge is 0.348 e. The minimum absolute atomic E-state index is 0.0515. The normalized spacial score (nSPS) is 13.1. The fraction of sp³-hybridized carbons (Fsp3) is 0.381. The van der Waals surface area contributed by atoms with Crippen LogP contribution in [-0.4, -0.2) is 27.1 Å². The van der Waals surface area contributed by atoms with E-state index in [9.17, 15) is 13.2 Å². The molecule has 28 heavy (non-hydrogen) atoms. The molecule has 0 spiro atoms. The van der Waals surface area contributed by atoms with E-state index in [-0.39, 0.29) is 28.7 Å². The lowest BCUT2D eigenvalue weighted by molar-refractivity contribution is -0.120. The summed E-state index contributed by atoms with van der Waals surface area (Å²) in [6.07, 6.45) is 1.05. The predicted octanol–water partition coefficient (Wildman–Crippen LogP) is 4.28. The highest BCUT2D eigenvalue weighted by molar-refractivity contribution is 7.92. The molecule has 0 aliphatic rings. The molecule has 0 saturated carbocycles. The Hall–Kier alpha value is -2.05. The van der Waals surface area contributed by atoms with Crippen LogP contribution in [0, 0.1) is 0 Å². The van der Waals surface area contributed by atoms with Gasteiger partial charge in [0.05, 0.1) is 23.0 Å². The number of para-hydroxylation sites is 1. The molecule has 0 aliphatic carbocycles. The highest BCUT2D eigenvalue weighted by atomic mass is 35.5. The molecule has 2 aromatic carbocycles. The van der Waals surface area contributed by atoms with Gasteiger partial charge in [0.25, 0.3) is 0 Å². The molecular weight excluding hydrogens is 396 g/mol. The summed E-state index contributed by atoms with van der Waals surface area (Å²) in [5.74, 6) is -0.405. The SMILES string of the molecule is C[C@@H](NC(=O)CN(c1ccccc1Cl)S(C)(=O)=O)c1ccc(C(C)(C)C)cc1. The quantitative estimate of drug-likeness (QED) is 0.755. The van der Waals surface area contributed by atoms with Gasteiger partial charge in [0, 0.05) is 0 Å². The summed E-state index contributed by atoms with van der Waals surface area (Å²) in [4.78, 5) is 12.5. The number of sulfonamides is 1. The molecule has 0 aromatic heterocycles. The topological polar surface area (TPSA) is 66.5 Å². The maximum absolute atomic E-state index is 12.5. The molecule has 2 aromatic rings. The molecule has 7 heteroatoms. The van der Waals surface area contributed by atoms with Crippen molar-refractivity contribution in [3.05, 3.63) is 64.7 Å². The standard InChI is InChI=1S/C21H27ClN2O3S/c1-15(16-10-12-17(13-11-16)21(2,3)4)23-20(25)14-24(28(5,26)27)19-9-7-6-8-18(19)22/h6-13,15H,14H2,1-5H3,(H,23,25)/t15-/m1/s1. The lowest BCUT2D eigenvalue weighted by Gasteiger charge is -2.24. The third kappa shape index (κ3) is 5.72. The maximum Gasteiger partial charge on any atom is 0.241 e. The Balaban J connectivity index is 2.13. The summed E-state index contributed by atoms with van der Waals surface area (Å²) in [5.41, 5.74) is 2.49. The van der Waals surface area contributed by atoms with Crippen LogP contribution >= 0.6 is 11.6 Å². The number of carbonyl (C=O) groups excluding carboxylic acids is 1. The van der Waals surface area contributed by atoms with Gasteiger partial charge in [-0.15, -0.1) is 0 Å². The van der Waals surface area contributed by atoms with Crippen LogP contribution in [0.1, 0.15) is 44.9 Å². The van der Waals surface area contributed by atoms with E-state index >= 15 is 0 Å². The number of amides is 1. The Kier molecular flexibility index (Phi) is 6.78. The lowest BCUT2D eigenvalue weighted by atomic mass is 9.86. The Morgan fingerprint density at radius 3 is 2.18 bits per heavy atom. The van der Waals surface area contributed by atoms with E-state index in [2.05, 4.69) is 26.1 Å². The maximum atomic E-state index is 12.5. The molecule has 0 fully saturated rings. The van der Waals surface area contributed by atoms with Crippen LogP contribution in [0.15, 0.2) is 48.5 Å². The molecule has 0 aliphatic heterocycles. The zero-order valence-electron chi connectivity index (χ0n) is 16.9. The summed E-state index contributed by atoms with van der Waals surface area (Å²) in [5, 5.41) is 3.13. The third-order valence-electron chi connectivity index (χ3n) is 4.46. The molecule has 0 bridgehead atoms. The second kappa shape index (κ2) is 8.53. The van der Waals surface area contributed by atoms with Crippen LogP contribution in [0.3, 0.4) is 0 Å². The molecular formula is C21H27ClN2O3S. The molecule has 0 radical (unpaired) electrons. The van der Waals surface area contributed by atoms with Gasteiger partial charge in [-0.05, 0) is 35.6 Å². The summed E-state index contributed by atoms with van der Waals surface area (Å²) in [6.45, 7) is 7.95. The summed E-state index contributed by atoms with van der Waals surface area (Å²) >= 11 is 6.12. The average Bonchev–Trinajstić information content (AvgIpc) is 2.59. The fourth-order valence-electron chi connectivity index (χ4n) is 2.81. The average molecular weight is 423 g/mol. The van der Waals surface area contributed by atoms with Crippen LogP contribution < -0.4 is 9.62 Å². The van der Waals surface area contributed by atoms with Gasteiger partial charge >= 0.3 is 0 Å². The first-order chi connectivity index (χ1) is 12.9. The molecule has 0 heterocycles. The first kappa shape index (κ1) is 22.2. The summed E-state index contributed by atoms with van der Waals surface area (Å²) in [6, 6.07) is 14.3. The molecule has 1 amide bonds. The Labute approximate surface area is 172 Å². The van der Waals surface area contributed by atoms with Crippen molar-refractivity contribution in [2.24, 2.45) is 0 Å². The molecule has 1 atom stereocenters. The number of hydrogen-bond acceptors (Lipinski definition) is 3. The van der Waals surface area contributed by atoms with E-state index < -0.39 is 15.9 Å². The van der Waals surface area contributed by atoms with E-state index in [0.717, 1.165) is 16.1 Å². The van der Waals surface area contributed by atoms with E-state index in [4.69, 9.17) is 11.6 Å². The number of rotatable bonds is 6. The van der Waals surface area contributed by atoms with Crippen LogP contribution in [0.2, 0.25) is 5.02 Å². The number of halogens is 1. The highest BCUT2D eigenvalue weighted by Crippen LogP contribution is 2.27. The van der Waals surface area contributed by atoms with E-state index in [0.29, 0.717) is 0 Å². The molecule has 0 saturated heterocycles. The third-order valence-corrected chi connectivity index (χ3v) is 5.91. The fourth-order valence-corrected chi connectivity index (χ4v) is 3.96. The predicted molar refractivity (Wildman–Crippen MR) is 115 cm³/mol. The Bertz CT molecular complexity index is 935. The van der Waals surface area contributed by atoms with Crippen molar-refractivity contribution in [3.8, 4) is 0 Å². The van der Waals surface area contributed by atoms with Gasteiger partial charge in [-0.1, -0.05) is 68.8 Å². The second-order valence-electron chi connectivity index (χ2n) is 7.88. The zero-order valence-corrected chi connectivity index (χ0v) is 18.4. The smallest absolute Gasteiger partial charge is 0.241 e. The van der Waals surface area contributed by atoms with Crippen molar-refractivity contribution >= 4 is 33.2 Å². The van der Waals surface area contributed by atoms with E-state index in [1.54, 1.807) is 24.3 Å². The lowest BCUT2D eigenvalue weighted by Crippen LogP contribution is -2.41. The minimum Gasteiger partial charge on any atom is -0.348 e. The zero-order chi connectivity index (χ0) is 21.1. The van der Waals surface area contributed by atoms with Crippen molar-refractivity contribution < 1.29 is 13.2 Å². The highest BCUT2D eigenvalue weighted by Gasteiger charge is 2.23. The number of hydrogen-bond donors (Lipinski definition) is 1.